The topological polar surface area (TPSA) is 60.6 Å². The van der Waals surface area contributed by atoms with Crippen molar-refractivity contribution in [3.63, 3.8) is 0 Å². The molecule has 3 heterocycles. The second-order valence-electron chi connectivity index (χ2n) is 7.29. The van der Waals surface area contributed by atoms with Crippen LogP contribution in [0.1, 0.15) is 36.7 Å². The highest BCUT2D eigenvalue weighted by atomic mass is 16.7. The van der Waals surface area contributed by atoms with Crippen LogP contribution in [0.5, 0.6) is 11.5 Å². The van der Waals surface area contributed by atoms with E-state index in [2.05, 4.69) is 34.3 Å². The van der Waals surface area contributed by atoms with Crippen LogP contribution in [0.15, 0.2) is 22.8 Å². The van der Waals surface area contributed by atoms with E-state index in [-0.39, 0.29) is 5.41 Å². The molecule has 6 nitrogen and oxygen atoms in total. The summed E-state index contributed by atoms with van der Waals surface area (Å²) in [5.74, 6) is 1.72. The molecule has 1 aromatic heterocycles. The van der Waals surface area contributed by atoms with Gasteiger partial charge in [0.15, 0.2) is 11.5 Å². The lowest BCUT2D eigenvalue weighted by atomic mass is 9.77. The Bertz CT molecular complexity index is 730. The number of nitrogens with zero attached hydrogens (tertiary/aromatic N) is 3. The first-order chi connectivity index (χ1) is 11.6. The molecule has 0 aliphatic carbocycles. The summed E-state index contributed by atoms with van der Waals surface area (Å²) in [5, 5.41) is 7.90. The summed E-state index contributed by atoms with van der Waals surface area (Å²) in [7, 11) is 0. The second-order valence-corrected chi connectivity index (χ2v) is 7.29. The van der Waals surface area contributed by atoms with Crippen molar-refractivity contribution in [3.8, 4) is 11.5 Å². The third-order valence-electron chi connectivity index (χ3n) is 5.05. The summed E-state index contributed by atoms with van der Waals surface area (Å²) >= 11 is 0. The maximum absolute atomic E-state index is 5.51. The van der Waals surface area contributed by atoms with E-state index in [1.165, 1.54) is 18.4 Å². The molecular weight excluding hydrogens is 306 g/mol. The highest BCUT2D eigenvalue weighted by molar-refractivity contribution is 5.44. The van der Waals surface area contributed by atoms with Gasteiger partial charge in [0.1, 0.15) is 11.4 Å². The SMILES string of the molecule is Cc1nonc1CN1CCC[C@@](C)(Cc2ccc3c(c2)OCO3)C1. The molecule has 0 spiro atoms. The number of piperidine rings is 1. The van der Waals surface area contributed by atoms with E-state index in [1.54, 1.807) is 0 Å². The zero-order chi connectivity index (χ0) is 16.6. The Balaban J connectivity index is 1.45. The number of aryl methyl sites for hydroxylation is 1. The third-order valence-corrected chi connectivity index (χ3v) is 5.05. The van der Waals surface area contributed by atoms with Crippen LogP contribution < -0.4 is 9.47 Å². The lowest BCUT2D eigenvalue weighted by molar-refractivity contribution is 0.0947. The summed E-state index contributed by atoms with van der Waals surface area (Å²) in [6.45, 7) is 7.61. The van der Waals surface area contributed by atoms with Gasteiger partial charge in [0, 0.05) is 13.1 Å². The fourth-order valence-corrected chi connectivity index (χ4v) is 3.86. The van der Waals surface area contributed by atoms with Crippen LogP contribution in [0.25, 0.3) is 0 Å². The van der Waals surface area contributed by atoms with Crippen molar-refractivity contribution in [3.05, 3.63) is 35.2 Å². The average Bonchev–Trinajstić information content (AvgIpc) is 3.16. The molecular formula is C18H23N3O3. The van der Waals surface area contributed by atoms with E-state index in [0.717, 1.165) is 48.9 Å². The molecule has 0 amide bonds. The van der Waals surface area contributed by atoms with E-state index in [4.69, 9.17) is 14.1 Å². The Hall–Kier alpha value is -2.08. The number of ether oxygens (including phenoxy) is 2. The van der Waals surface area contributed by atoms with Gasteiger partial charge in [-0.25, -0.2) is 4.63 Å². The Morgan fingerprint density at radius 2 is 2.08 bits per heavy atom. The van der Waals surface area contributed by atoms with Crippen molar-refractivity contribution in [2.45, 2.75) is 39.7 Å². The van der Waals surface area contributed by atoms with Gasteiger partial charge in [-0.05, 0) is 55.8 Å². The quantitative estimate of drug-likeness (QED) is 0.859. The molecule has 0 saturated carbocycles. The molecule has 0 unspecified atom stereocenters. The largest absolute Gasteiger partial charge is 0.454 e. The minimum atomic E-state index is 0.247. The van der Waals surface area contributed by atoms with Gasteiger partial charge in [-0.2, -0.15) is 0 Å². The fraction of sp³-hybridized carbons (Fsp3) is 0.556. The number of rotatable bonds is 4. The summed E-state index contributed by atoms with van der Waals surface area (Å²) in [6, 6.07) is 6.30. The molecule has 2 aromatic rings. The monoisotopic (exact) mass is 329 g/mol. The third kappa shape index (κ3) is 3.11. The molecule has 6 heteroatoms. The van der Waals surface area contributed by atoms with Crippen LogP contribution in [-0.4, -0.2) is 35.1 Å². The smallest absolute Gasteiger partial charge is 0.231 e. The Morgan fingerprint density at radius 1 is 1.21 bits per heavy atom. The molecule has 1 saturated heterocycles. The van der Waals surface area contributed by atoms with E-state index in [0.29, 0.717) is 6.79 Å². The predicted molar refractivity (Wildman–Crippen MR) is 87.9 cm³/mol. The first-order valence-corrected chi connectivity index (χ1v) is 8.50. The van der Waals surface area contributed by atoms with Crippen LogP contribution in [0.3, 0.4) is 0 Å². The van der Waals surface area contributed by atoms with Gasteiger partial charge >= 0.3 is 0 Å². The van der Waals surface area contributed by atoms with Gasteiger partial charge in [-0.15, -0.1) is 0 Å². The van der Waals surface area contributed by atoms with Gasteiger partial charge in [0.05, 0.1) is 0 Å². The van der Waals surface area contributed by atoms with Crippen molar-refractivity contribution in [2.75, 3.05) is 19.9 Å². The molecule has 1 atom stereocenters. The molecule has 2 aliphatic heterocycles. The van der Waals surface area contributed by atoms with Gasteiger partial charge in [-0.1, -0.05) is 23.3 Å². The molecule has 1 fully saturated rings. The number of hydrogen-bond donors (Lipinski definition) is 0. The lowest BCUT2D eigenvalue weighted by Crippen LogP contribution is -2.42. The maximum atomic E-state index is 5.51. The molecule has 0 radical (unpaired) electrons. The Morgan fingerprint density at radius 3 is 2.92 bits per heavy atom. The predicted octanol–water partition coefficient (Wildman–Crippen LogP) is 2.95. The zero-order valence-corrected chi connectivity index (χ0v) is 14.2. The van der Waals surface area contributed by atoms with Crippen molar-refractivity contribution >= 4 is 0 Å². The summed E-state index contributed by atoms with van der Waals surface area (Å²) in [6.07, 6.45) is 3.47. The molecule has 2 aliphatic rings. The normalized spacial score (nSPS) is 23.6. The minimum absolute atomic E-state index is 0.247. The first kappa shape index (κ1) is 15.4. The van der Waals surface area contributed by atoms with Crippen LogP contribution in [0, 0.1) is 12.3 Å². The first-order valence-electron chi connectivity index (χ1n) is 8.50. The fourth-order valence-electron chi connectivity index (χ4n) is 3.86. The van der Waals surface area contributed by atoms with Gasteiger partial charge < -0.3 is 9.47 Å². The van der Waals surface area contributed by atoms with E-state index in [9.17, 15) is 0 Å². The lowest BCUT2D eigenvalue weighted by Gasteiger charge is -2.40. The van der Waals surface area contributed by atoms with Crippen LogP contribution in [-0.2, 0) is 13.0 Å². The summed E-state index contributed by atoms with van der Waals surface area (Å²) in [4.78, 5) is 2.46. The second kappa shape index (κ2) is 6.09. The van der Waals surface area contributed by atoms with Crippen molar-refractivity contribution in [1.82, 2.24) is 15.2 Å². The van der Waals surface area contributed by atoms with Crippen LogP contribution in [0.2, 0.25) is 0 Å². The van der Waals surface area contributed by atoms with Gasteiger partial charge in [-0.3, -0.25) is 4.90 Å². The molecule has 128 valence electrons. The number of likely N-dealkylation sites (tertiary alicyclic amines) is 1. The highest BCUT2D eigenvalue weighted by Gasteiger charge is 2.32. The number of fused-ring (bicyclic) bond motifs is 1. The number of benzene rings is 1. The molecule has 0 N–H and O–H groups in total. The van der Waals surface area contributed by atoms with E-state index >= 15 is 0 Å². The number of aromatic nitrogens is 2. The molecule has 24 heavy (non-hydrogen) atoms. The number of hydrogen-bond acceptors (Lipinski definition) is 6. The van der Waals surface area contributed by atoms with Crippen molar-refractivity contribution < 1.29 is 14.1 Å². The van der Waals surface area contributed by atoms with E-state index < -0.39 is 0 Å². The summed E-state index contributed by atoms with van der Waals surface area (Å²) in [5.41, 5.74) is 3.39. The van der Waals surface area contributed by atoms with Gasteiger partial charge in [0.2, 0.25) is 6.79 Å². The minimum Gasteiger partial charge on any atom is -0.454 e. The molecule has 0 bridgehead atoms. The van der Waals surface area contributed by atoms with E-state index in [1.807, 2.05) is 13.0 Å². The van der Waals surface area contributed by atoms with Crippen molar-refractivity contribution in [1.29, 1.82) is 0 Å². The highest BCUT2D eigenvalue weighted by Crippen LogP contribution is 2.37. The summed E-state index contributed by atoms with van der Waals surface area (Å²) < 4.78 is 15.7. The maximum Gasteiger partial charge on any atom is 0.231 e. The van der Waals surface area contributed by atoms with Crippen LogP contribution in [0.4, 0.5) is 0 Å². The Kier molecular flexibility index (Phi) is 3.92. The van der Waals surface area contributed by atoms with Crippen LogP contribution >= 0.6 is 0 Å². The average molecular weight is 329 g/mol. The van der Waals surface area contributed by atoms with Gasteiger partial charge in [0.25, 0.3) is 0 Å². The zero-order valence-electron chi connectivity index (χ0n) is 14.2. The molecule has 4 rings (SSSR count). The Labute approximate surface area is 141 Å². The van der Waals surface area contributed by atoms with Crippen molar-refractivity contribution in [2.24, 2.45) is 5.41 Å². The standard InChI is InChI=1S/C18H23N3O3/c1-13-15(20-24-19-13)10-21-7-3-6-18(2,11-21)9-14-4-5-16-17(8-14)23-12-22-16/h4-5,8H,3,6-7,9-12H2,1-2H3/t18-/m0/s1. The molecule has 1 aromatic carbocycles.